The van der Waals surface area contributed by atoms with Crippen molar-refractivity contribution in [2.45, 2.75) is 6.42 Å². The van der Waals surface area contributed by atoms with Gasteiger partial charge in [-0.05, 0) is 45.9 Å². The molecular weight excluding hydrogens is 346 g/mol. The number of hydrogen-bond acceptors (Lipinski definition) is 2. The van der Waals surface area contributed by atoms with Crippen LogP contribution in [0.15, 0.2) is 97.2 Å². The van der Waals surface area contributed by atoms with E-state index in [-0.39, 0.29) is 5.69 Å². The van der Waals surface area contributed by atoms with Gasteiger partial charge in [0.05, 0.1) is 0 Å². The van der Waals surface area contributed by atoms with E-state index in [1.165, 1.54) is 22.3 Å². The first-order valence-corrected chi connectivity index (χ1v) is 9.13. The Bertz CT molecular complexity index is 1090. The fourth-order valence-corrected chi connectivity index (χ4v) is 3.30. The van der Waals surface area contributed by atoms with Crippen LogP contribution >= 0.6 is 0 Å². The summed E-state index contributed by atoms with van der Waals surface area (Å²) >= 11 is 0. The molecule has 4 aromatic rings. The van der Waals surface area contributed by atoms with Crippen molar-refractivity contribution in [1.29, 1.82) is 0 Å². The standard InChI is InChI=1S/C25H19NO2/c27-25(28)24-15-10-18(17-26-24)16-22-8-4-5-9-23(22)21-13-11-20(12-14-21)19-6-2-1-3-7-19/h1-15,17H,16H2,(H,27,28). The molecule has 0 bridgehead atoms. The SMILES string of the molecule is O=C(O)c1ccc(Cc2ccccc2-c2ccc(-c3ccccc3)cc2)cn1. The zero-order valence-corrected chi connectivity index (χ0v) is 15.2. The molecule has 1 heterocycles. The second kappa shape index (κ2) is 7.89. The van der Waals surface area contributed by atoms with Gasteiger partial charge in [-0.15, -0.1) is 0 Å². The smallest absolute Gasteiger partial charge is 0.354 e. The monoisotopic (exact) mass is 365 g/mol. The maximum absolute atomic E-state index is 11.0. The number of carboxylic acids is 1. The molecule has 0 spiro atoms. The van der Waals surface area contributed by atoms with Crippen molar-refractivity contribution in [2.24, 2.45) is 0 Å². The van der Waals surface area contributed by atoms with Gasteiger partial charge in [-0.2, -0.15) is 0 Å². The zero-order chi connectivity index (χ0) is 19.3. The van der Waals surface area contributed by atoms with Gasteiger partial charge in [-0.3, -0.25) is 0 Å². The first-order chi connectivity index (χ1) is 13.7. The van der Waals surface area contributed by atoms with E-state index < -0.39 is 5.97 Å². The first kappa shape index (κ1) is 17.7. The summed E-state index contributed by atoms with van der Waals surface area (Å²) in [7, 11) is 0. The van der Waals surface area contributed by atoms with Gasteiger partial charge in [-0.1, -0.05) is 84.9 Å². The van der Waals surface area contributed by atoms with Crippen LogP contribution < -0.4 is 0 Å². The van der Waals surface area contributed by atoms with Crippen molar-refractivity contribution >= 4 is 5.97 Å². The lowest BCUT2D eigenvalue weighted by Gasteiger charge is -2.11. The highest BCUT2D eigenvalue weighted by atomic mass is 16.4. The molecule has 136 valence electrons. The quantitative estimate of drug-likeness (QED) is 0.493. The predicted molar refractivity (Wildman–Crippen MR) is 111 cm³/mol. The molecule has 28 heavy (non-hydrogen) atoms. The molecule has 0 saturated heterocycles. The van der Waals surface area contributed by atoms with Gasteiger partial charge in [0.25, 0.3) is 0 Å². The van der Waals surface area contributed by atoms with Crippen LogP contribution in [0.4, 0.5) is 0 Å². The second-order valence-electron chi connectivity index (χ2n) is 6.63. The van der Waals surface area contributed by atoms with E-state index in [4.69, 9.17) is 5.11 Å². The van der Waals surface area contributed by atoms with Crippen molar-refractivity contribution in [2.75, 3.05) is 0 Å². The molecule has 0 saturated carbocycles. The Kier molecular flexibility index (Phi) is 4.98. The van der Waals surface area contributed by atoms with Crippen LogP contribution in [0.3, 0.4) is 0 Å². The molecule has 0 aliphatic heterocycles. The molecule has 3 nitrogen and oxygen atoms in total. The van der Waals surface area contributed by atoms with Gasteiger partial charge in [0, 0.05) is 6.20 Å². The fourth-order valence-electron chi connectivity index (χ4n) is 3.30. The van der Waals surface area contributed by atoms with Crippen LogP contribution in [0.1, 0.15) is 21.6 Å². The molecule has 4 rings (SSSR count). The Morgan fingerprint density at radius 2 is 1.36 bits per heavy atom. The van der Waals surface area contributed by atoms with Gasteiger partial charge in [0.1, 0.15) is 5.69 Å². The molecule has 0 aliphatic carbocycles. The normalized spacial score (nSPS) is 10.6. The number of aromatic carboxylic acids is 1. The summed E-state index contributed by atoms with van der Waals surface area (Å²) < 4.78 is 0. The number of nitrogens with zero attached hydrogens (tertiary/aromatic N) is 1. The van der Waals surface area contributed by atoms with Crippen LogP contribution in [0.25, 0.3) is 22.3 Å². The van der Waals surface area contributed by atoms with E-state index in [0.717, 1.165) is 11.1 Å². The molecule has 3 heteroatoms. The van der Waals surface area contributed by atoms with E-state index in [1.54, 1.807) is 12.3 Å². The Morgan fingerprint density at radius 1 is 0.714 bits per heavy atom. The summed E-state index contributed by atoms with van der Waals surface area (Å²) in [6, 6.07) is 30.6. The molecule has 1 N–H and O–H groups in total. The molecule has 0 radical (unpaired) electrons. The fraction of sp³-hybridized carbons (Fsp3) is 0.0400. The van der Waals surface area contributed by atoms with Crippen LogP contribution in [0.5, 0.6) is 0 Å². The lowest BCUT2D eigenvalue weighted by atomic mass is 9.94. The summed E-state index contributed by atoms with van der Waals surface area (Å²) in [5, 5.41) is 9.00. The molecule has 0 fully saturated rings. The highest BCUT2D eigenvalue weighted by Gasteiger charge is 2.08. The number of hydrogen-bond donors (Lipinski definition) is 1. The molecule has 1 aromatic heterocycles. The van der Waals surface area contributed by atoms with Crippen molar-refractivity contribution in [3.05, 3.63) is 114 Å². The summed E-state index contributed by atoms with van der Waals surface area (Å²) in [6.07, 6.45) is 2.34. The number of benzene rings is 3. The van der Waals surface area contributed by atoms with Crippen molar-refractivity contribution in [1.82, 2.24) is 4.98 Å². The third-order valence-corrected chi connectivity index (χ3v) is 4.76. The van der Waals surface area contributed by atoms with E-state index in [2.05, 4.69) is 53.5 Å². The average molecular weight is 365 g/mol. The Hall–Kier alpha value is -3.72. The van der Waals surface area contributed by atoms with Crippen molar-refractivity contribution in [3.63, 3.8) is 0 Å². The third-order valence-electron chi connectivity index (χ3n) is 4.76. The van der Waals surface area contributed by atoms with Crippen LogP contribution in [-0.4, -0.2) is 16.1 Å². The second-order valence-corrected chi connectivity index (χ2v) is 6.63. The molecular formula is C25H19NO2. The molecule has 0 unspecified atom stereocenters. The number of pyridine rings is 1. The van der Waals surface area contributed by atoms with Crippen molar-refractivity contribution < 1.29 is 9.90 Å². The molecule has 0 amide bonds. The third kappa shape index (κ3) is 3.84. The van der Waals surface area contributed by atoms with Crippen LogP contribution in [0.2, 0.25) is 0 Å². The minimum atomic E-state index is -1.01. The largest absolute Gasteiger partial charge is 0.477 e. The zero-order valence-electron chi connectivity index (χ0n) is 15.2. The van der Waals surface area contributed by atoms with Crippen LogP contribution in [-0.2, 0) is 6.42 Å². The number of aromatic nitrogens is 1. The number of rotatable bonds is 5. The summed E-state index contributed by atoms with van der Waals surface area (Å²) in [5.41, 5.74) is 6.95. The molecule has 3 aromatic carbocycles. The number of carbonyl (C=O) groups is 1. The lowest BCUT2D eigenvalue weighted by Crippen LogP contribution is -2.01. The Morgan fingerprint density at radius 3 is 2.04 bits per heavy atom. The van der Waals surface area contributed by atoms with Gasteiger partial charge >= 0.3 is 5.97 Å². The van der Waals surface area contributed by atoms with Gasteiger partial charge in [0.15, 0.2) is 0 Å². The summed E-state index contributed by atoms with van der Waals surface area (Å²) in [6.45, 7) is 0. The topological polar surface area (TPSA) is 50.2 Å². The predicted octanol–water partition coefficient (Wildman–Crippen LogP) is 5.70. The highest BCUT2D eigenvalue weighted by molar-refractivity contribution is 5.85. The molecule has 0 aliphatic rings. The van der Waals surface area contributed by atoms with Gasteiger partial charge in [-0.25, -0.2) is 9.78 Å². The van der Waals surface area contributed by atoms with E-state index in [1.807, 2.05) is 36.4 Å². The van der Waals surface area contributed by atoms with Crippen molar-refractivity contribution in [3.8, 4) is 22.3 Å². The van der Waals surface area contributed by atoms with E-state index in [0.29, 0.717) is 6.42 Å². The minimum absolute atomic E-state index is 0.0635. The maximum Gasteiger partial charge on any atom is 0.354 e. The minimum Gasteiger partial charge on any atom is -0.477 e. The van der Waals surface area contributed by atoms with E-state index >= 15 is 0 Å². The Balaban J connectivity index is 1.61. The lowest BCUT2D eigenvalue weighted by molar-refractivity contribution is 0.0690. The highest BCUT2D eigenvalue weighted by Crippen LogP contribution is 2.28. The van der Waals surface area contributed by atoms with Gasteiger partial charge < -0.3 is 5.11 Å². The number of carboxylic acid groups (broad SMARTS) is 1. The average Bonchev–Trinajstić information content (AvgIpc) is 2.75. The van der Waals surface area contributed by atoms with E-state index in [9.17, 15) is 4.79 Å². The summed E-state index contributed by atoms with van der Waals surface area (Å²) in [5.74, 6) is -1.01. The Labute approximate surface area is 164 Å². The van der Waals surface area contributed by atoms with Crippen LogP contribution in [0, 0.1) is 0 Å². The molecule has 0 atom stereocenters. The van der Waals surface area contributed by atoms with Gasteiger partial charge in [0.2, 0.25) is 0 Å². The summed E-state index contributed by atoms with van der Waals surface area (Å²) in [4.78, 5) is 15.0. The first-order valence-electron chi connectivity index (χ1n) is 9.13. The maximum atomic E-state index is 11.0.